The maximum Gasteiger partial charge on any atom is 0.514 e. The monoisotopic (exact) mass is 375 g/mol. The number of halogens is 1. The van der Waals surface area contributed by atoms with Crippen LogP contribution < -0.4 is 9.64 Å². The summed E-state index contributed by atoms with van der Waals surface area (Å²) in [4.78, 5) is 14.4. The number of hydrogen-bond donors (Lipinski definition) is 0. The molecule has 0 amide bonds. The molecule has 0 aliphatic heterocycles. The summed E-state index contributed by atoms with van der Waals surface area (Å²) in [5, 5.41) is 0.679. The molecule has 2 rings (SSSR count). The van der Waals surface area contributed by atoms with Crippen molar-refractivity contribution >= 4 is 23.4 Å². The minimum Gasteiger partial charge on any atom is -0.429 e. The Balaban J connectivity index is 1.99. The standard InChI is InChI=1S/C21H26ClNO3/c1-5-18(14-23(6-2)17-10-8-7-9-11-17)25-21(24)26-19-12-15(3)20(22)16(4)13-19/h7-13,18H,5-6,14H2,1-4H3. The van der Waals surface area contributed by atoms with Gasteiger partial charge in [0.15, 0.2) is 0 Å². The second-order valence-electron chi connectivity index (χ2n) is 6.25. The third-order valence-corrected chi connectivity index (χ3v) is 4.85. The van der Waals surface area contributed by atoms with Gasteiger partial charge in [-0.3, -0.25) is 0 Å². The SMILES string of the molecule is CCC(CN(CC)c1ccccc1)OC(=O)Oc1cc(C)c(Cl)c(C)c1. The smallest absolute Gasteiger partial charge is 0.429 e. The van der Waals surface area contributed by atoms with E-state index in [4.69, 9.17) is 21.1 Å². The predicted octanol–water partition coefficient (Wildman–Crippen LogP) is 5.78. The van der Waals surface area contributed by atoms with Crippen LogP contribution in [-0.2, 0) is 4.74 Å². The lowest BCUT2D eigenvalue weighted by molar-refractivity contribution is 0.0594. The second kappa shape index (κ2) is 9.48. The molecule has 0 spiro atoms. The van der Waals surface area contributed by atoms with Crippen molar-refractivity contribution in [2.24, 2.45) is 0 Å². The van der Waals surface area contributed by atoms with E-state index in [9.17, 15) is 4.79 Å². The van der Waals surface area contributed by atoms with Crippen LogP contribution >= 0.6 is 11.6 Å². The third-order valence-electron chi connectivity index (χ3n) is 4.26. The van der Waals surface area contributed by atoms with Crippen molar-refractivity contribution in [1.29, 1.82) is 0 Å². The Bertz CT molecular complexity index is 710. The van der Waals surface area contributed by atoms with Gasteiger partial charge in [-0.1, -0.05) is 36.7 Å². The van der Waals surface area contributed by atoms with Crippen molar-refractivity contribution in [2.75, 3.05) is 18.0 Å². The van der Waals surface area contributed by atoms with Crippen molar-refractivity contribution in [2.45, 2.75) is 40.2 Å². The Morgan fingerprint density at radius 3 is 2.27 bits per heavy atom. The number of hydrogen-bond acceptors (Lipinski definition) is 4. The topological polar surface area (TPSA) is 38.8 Å². The molecule has 2 aromatic carbocycles. The summed E-state index contributed by atoms with van der Waals surface area (Å²) in [6, 6.07) is 13.6. The summed E-state index contributed by atoms with van der Waals surface area (Å²) < 4.78 is 10.9. The zero-order valence-electron chi connectivity index (χ0n) is 15.8. The summed E-state index contributed by atoms with van der Waals surface area (Å²) in [6.45, 7) is 9.27. The zero-order chi connectivity index (χ0) is 19.1. The fourth-order valence-electron chi connectivity index (χ4n) is 2.77. The van der Waals surface area contributed by atoms with Gasteiger partial charge in [-0.15, -0.1) is 0 Å². The van der Waals surface area contributed by atoms with E-state index in [0.29, 0.717) is 23.7 Å². The zero-order valence-corrected chi connectivity index (χ0v) is 16.5. The van der Waals surface area contributed by atoms with Crippen molar-refractivity contribution in [1.82, 2.24) is 0 Å². The van der Waals surface area contributed by atoms with Gasteiger partial charge >= 0.3 is 6.16 Å². The molecular weight excluding hydrogens is 350 g/mol. The Hall–Kier alpha value is -2.20. The van der Waals surface area contributed by atoms with Crippen LogP contribution in [0.1, 0.15) is 31.4 Å². The number of rotatable bonds is 7. The van der Waals surface area contributed by atoms with Crippen molar-refractivity contribution in [3.63, 3.8) is 0 Å². The van der Waals surface area contributed by atoms with Crippen LogP contribution in [0.5, 0.6) is 5.75 Å². The van der Waals surface area contributed by atoms with Crippen molar-refractivity contribution in [3.05, 3.63) is 58.6 Å². The molecule has 0 aliphatic carbocycles. The van der Waals surface area contributed by atoms with Crippen LogP contribution in [-0.4, -0.2) is 25.3 Å². The van der Waals surface area contributed by atoms with Gasteiger partial charge in [0.1, 0.15) is 11.9 Å². The third kappa shape index (κ3) is 5.40. The first-order chi connectivity index (χ1) is 12.4. The molecule has 0 N–H and O–H groups in total. The number of aryl methyl sites for hydroxylation is 2. The summed E-state index contributed by atoms with van der Waals surface area (Å²) >= 11 is 6.15. The number of likely N-dealkylation sites (N-methyl/N-ethyl adjacent to an activating group) is 1. The molecule has 4 nitrogen and oxygen atoms in total. The van der Waals surface area contributed by atoms with Crippen molar-refractivity contribution in [3.8, 4) is 5.75 Å². The molecule has 2 aromatic rings. The molecule has 0 fully saturated rings. The molecule has 26 heavy (non-hydrogen) atoms. The molecule has 0 saturated heterocycles. The average Bonchev–Trinajstić information content (AvgIpc) is 2.63. The highest BCUT2D eigenvalue weighted by molar-refractivity contribution is 6.32. The Labute approximate surface area is 160 Å². The van der Waals surface area contributed by atoms with E-state index in [1.165, 1.54) is 0 Å². The van der Waals surface area contributed by atoms with Crippen LogP contribution in [0.25, 0.3) is 0 Å². The highest BCUT2D eigenvalue weighted by Gasteiger charge is 2.18. The maximum absolute atomic E-state index is 12.2. The average molecular weight is 376 g/mol. The first kappa shape index (κ1) is 20.1. The fourth-order valence-corrected chi connectivity index (χ4v) is 2.88. The van der Waals surface area contributed by atoms with Gasteiger partial charge in [-0.25, -0.2) is 4.79 Å². The predicted molar refractivity (Wildman–Crippen MR) is 106 cm³/mol. The summed E-state index contributed by atoms with van der Waals surface area (Å²) in [5.41, 5.74) is 2.83. The number of ether oxygens (including phenoxy) is 2. The quantitative estimate of drug-likeness (QED) is 0.454. The molecule has 5 heteroatoms. The van der Waals surface area contributed by atoms with Crippen LogP contribution in [0.3, 0.4) is 0 Å². The van der Waals surface area contributed by atoms with Gasteiger partial charge < -0.3 is 14.4 Å². The summed E-state index contributed by atoms with van der Waals surface area (Å²) in [5.74, 6) is 0.444. The van der Waals surface area contributed by atoms with E-state index in [2.05, 4.69) is 11.8 Å². The molecule has 0 radical (unpaired) electrons. The highest BCUT2D eigenvalue weighted by Crippen LogP contribution is 2.26. The van der Waals surface area contributed by atoms with E-state index >= 15 is 0 Å². The first-order valence-electron chi connectivity index (χ1n) is 8.89. The molecule has 0 aromatic heterocycles. The normalized spacial score (nSPS) is 11.7. The van der Waals surface area contributed by atoms with Crippen LogP contribution in [0, 0.1) is 13.8 Å². The lowest BCUT2D eigenvalue weighted by Crippen LogP contribution is -2.35. The largest absolute Gasteiger partial charge is 0.514 e. The Kier molecular flexibility index (Phi) is 7.34. The lowest BCUT2D eigenvalue weighted by Gasteiger charge is -2.27. The van der Waals surface area contributed by atoms with Gasteiger partial charge in [-0.05, 0) is 62.6 Å². The number of carbonyl (C=O) groups excluding carboxylic acids is 1. The molecule has 0 heterocycles. The lowest BCUT2D eigenvalue weighted by atomic mass is 10.1. The van der Waals surface area contributed by atoms with Crippen LogP contribution in [0.15, 0.2) is 42.5 Å². The Morgan fingerprint density at radius 2 is 1.73 bits per heavy atom. The van der Waals surface area contributed by atoms with Crippen molar-refractivity contribution < 1.29 is 14.3 Å². The molecule has 0 bridgehead atoms. The molecule has 0 aliphatic rings. The van der Waals surface area contributed by atoms with Gasteiger partial charge in [0.25, 0.3) is 0 Å². The number of para-hydroxylation sites is 1. The van der Waals surface area contributed by atoms with Gasteiger partial charge in [0.2, 0.25) is 0 Å². The number of carbonyl (C=O) groups is 1. The molecular formula is C21H26ClNO3. The minimum absolute atomic E-state index is 0.253. The van der Waals surface area contributed by atoms with E-state index < -0.39 is 6.16 Å². The number of anilines is 1. The minimum atomic E-state index is -0.693. The molecule has 1 unspecified atom stereocenters. The van der Waals surface area contributed by atoms with Gasteiger partial charge in [-0.2, -0.15) is 0 Å². The first-order valence-corrected chi connectivity index (χ1v) is 9.27. The van der Waals surface area contributed by atoms with Gasteiger partial charge in [0.05, 0.1) is 6.54 Å². The van der Waals surface area contributed by atoms with Gasteiger partial charge in [0, 0.05) is 17.3 Å². The van der Waals surface area contributed by atoms with E-state index in [1.807, 2.05) is 51.1 Å². The van der Waals surface area contributed by atoms with Crippen LogP contribution in [0.2, 0.25) is 5.02 Å². The van der Waals surface area contributed by atoms with Crippen LogP contribution in [0.4, 0.5) is 10.5 Å². The maximum atomic E-state index is 12.2. The van der Waals surface area contributed by atoms with E-state index in [0.717, 1.165) is 23.4 Å². The number of nitrogens with zero attached hydrogens (tertiary/aromatic N) is 1. The van der Waals surface area contributed by atoms with E-state index in [-0.39, 0.29) is 6.10 Å². The van der Waals surface area contributed by atoms with E-state index in [1.54, 1.807) is 12.1 Å². The summed E-state index contributed by atoms with van der Waals surface area (Å²) in [7, 11) is 0. The second-order valence-corrected chi connectivity index (χ2v) is 6.62. The number of benzene rings is 2. The Morgan fingerprint density at radius 1 is 1.12 bits per heavy atom. The molecule has 0 saturated carbocycles. The molecule has 140 valence electrons. The highest BCUT2D eigenvalue weighted by atomic mass is 35.5. The fraction of sp³-hybridized carbons (Fsp3) is 0.381. The summed E-state index contributed by atoms with van der Waals surface area (Å²) in [6.07, 6.45) is -0.240. The molecule has 1 atom stereocenters.